The number of rotatable bonds is 20. The number of terminal acetylenes is 2. The largest absolute Gasteiger partial charge is 0.300 e. The zero-order valence-corrected chi connectivity index (χ0v) is 77.7. The van der Waals surface area contributed by atoms with Gasteiger partial charge in [0.05, 0.1) is 30.0 Å². The molecule has 0 fully saturated rings. The summed E-state index contributed by atoms with van der Waals surface area (Å²) in [6, 6.07) is 1.80. The van der Waals surface area contributed by atoms with Crippen molar-refractivity contribution in [2.75, 3.05) is 12.6 Å². The third kappa shape index (κ3) is 132. The number of hydrogen-bond donors (Lipinski definition) is 1. The van der Waals surface area contributed by atoms with Gasteiger partial charge in [0, 0.05) is 75.5 Å². The summed E-state index contributed by atoms with van der Waals surface area (Å²) in [6.07, 6.45) is 19.8. The Kier molecular flexibility index (Phi) is 80.5. The van der Waals surface area contributed by atoms with Gasteiger partial charge in [-0.1, -0.05) is 224 Å². The summed E-state index contributed by atoms with van der Waals surface area (Å²) in [5.74, 6) is 5.24. The first-order valence-electron chi connectivity index (χ1n) is 35.9. The van der Waals surface area contributed by atoms with Crippen LogP contribution in [-0.4, -0.2) is 98.0 Å². The topological polar surface area (TPSA) is 275 Å². The van der Waals surface area contributed by atoms with Crippen LogP contribution in [0.5, 0.6) is 0 Å². The minimum absolute atomic E-state index is 0.00894. The molecule has 0 heterocycles. The van der Waals surface area contributed by atoms with Crippen LogP contribution in [0, 0.1) is 97.6 Å². The van der Waals surface area contributed by atoms with E-state index in [0.717, 1.165) is 22.0 Å². The number of allylic oxidation sites excluding steroid dienone is 7. The van der Waals surface area contributed by atoms with E-state index in [2.05, 4.69) is 91.0 Å². The molecule has 20 heteroatoms. The van der Waals surface area contributed by atoms with Crippen molar-refractivity contribution in [3.63, 3.8) is 0 Å². The summed E-state index contributed by atoms with van der Waals surface area (Å²) in [5, 5.41) is 9.57. The van der Waals surface area contributed by atoms with Gasteiger partial charge in [-0.2, -0.15) is 5.26 Å². The average molecular weight is 1580 g/mol. The van der Waals surface area contributed by atoms with Crippen molar-refractivity contribution in [2.24, 2.45) is 61.6 Å². The van der Waals surface area contributed by atoms with Gasteiger partial charge in [-0.25, -0.2) is 25.9 Å². The van der Waals surface area contributed by atoms with Crippen LogP contribution < -0.4 is 4.72 Å². The summed E-state index contributed by atoms with van der Waals surface area (Å²) in [5.41, 5.74) is 1.76. The van der Waals surface area contributed by atoms with Gasteiger partial charge in [0.2, 0.25) is 15.8 Å². The normalized spacial score (nSPS) is 10.7. The standard InChI is InChI=1S/C10H18O.C9H16O.C8H14O2.C8H14O.C8H12O.C6H13NO2S.C6H9NO.C6H10O.C6H12.C6H10.C5H9ClO.C5H9FO.C5H10O2S/c1-8(2)6-9(11)7-10(3,4)5;1-7(2)6-8(10)9(3,4)5;1-6(9)5-7(10)8(2,3)4;2*1-5-7(9)6-8(2,3)4;1-5-10(8,9)7-6(2,3)4;1-5(2)6(8)3-4-7;1-4-6(7)5(2)3;2*1-5-6(2,3)4;2*1-4(2)5(7)3-6;1-4-8(6,7)5(2)3/h6H,7H2,1-5H3;6H,1-5H3;5H2,1-4H3;5H,1,6H2,2-4H3;1H,6H2,2-4H3;5,7H,1H2,2-4H3;5H,3H2,1-2H3;4-5H,1H2,2-3H3;5H,1H2,2-4H3;1H,2-4H3;2*4H,3H2,1-2H3;4-5H,1H2,2-3H3. The number of nitrogens with one attached hydrogen (secondary N) is 1. The van der Waals surface area contributed by atoms with Crippen LogP contribution in [0.3, 0.4) is 0 Å². The van der Waals surface area contributed by atoms with Crippen molar-refractivity contribution in [3.8, 4) is 30.8 Å². The molecule has 0 saturated heterocycles. The highest BCUT2D eigenvalue weighted by Gasteiger charge is 2.22. The quantitative estimate of drug-likeness (QED) is 0.0296. The molecular weight excluding hydrogens is 1430 g/mol. The third-order valence-electron chi connectivity index (χ3n) is 11.2. The molecule has 0 aliphatic carbocycles. The molecule has 0 aromatic heterocycles. The van der Waals surface area contributed by atoms with Crippen LogP contribution in [0.4, 0.5) is 4.39 Å². The summed E-state index contributed by atoms with van der Waals surface area (Å²) in [4.78, 5) is 107. The van der Waals surface area contributed by atoms with E-state index in [-0.39, 0.29) is 138 Å². The fourth-order valence-corrected chi connectivity index (χ4v) is 6.11. The highest BCUT2D eigenvalue weighted by Crippen LogP contribution is 2.21. The molecule has 0 rings (SSSR count). The maximum absolute atomic E-state index is 11.3. The Morgan fingerprint density at radius 1 is 0.509 bits per heavy atom. The zero-order valence-electron chi connectivity index (χ0n) is 75.3. The molecule has 0 aliphatic rings. The molecule has 0 saturated carbocycles. The van der Waals surface area contributed by atoms with Gasteiger partial charge < -0.3 is 0 Å². The number of Topliss-reactive ketones (excluding diaryl/α,β-unsaturated/α-hetero) is 6. The van der Waals surface area contributed by atoms with E-state index in [4.69, 9.17) is 29.7 Å². The summed E-state index contributed by atoms with van der Waals surface area (Å²) in [7, 11) is -6.24. The second-order valence-corrected chi connectivity index (χ2v) is 39.9. The summed E-state index contributed by atoms with van der Waals surface area (Å²) in [6.45, 7) is 89.9. The summed E-state index contributed by atoms with van der Waals surface area (Å²) >= 11 is 5.20. The highest BCUT2D eigenvalue weighted by molar-refractivity contribution is 7.94. The Bertz CT molecular complexity index is 3090. The number of nitriles is 1. The van der Waals surface area contributed by atoms with Crippen molar-refractivity contribution in [1.82, 2.24) is 4.72 Å². The number of halogens is 2. The van der Waals surface area contributed by atoms with Gasteiger partial charge in [-0.15, -0.1) is 36.9 Å². The van der Waals surface area contributed by atoms with Gasteiger partial charge in [0.1, 0.15) is 29.8 Å². The van der Waals surface area contributed by atoms with Crippen molar-refractivity contribution < 1.29 is 69.2 Å². The van der Waals surface area contributed by atoms with Gasteiger partial charge in [0.15, 0.2) is 38.8 Å². The highest BCUT2D eigenvalue weighted by atomic mass is 35.5. The Labute approximate surface area is 667 Å². The molecule has 0 aliphatic heterocycles. The van der Waals surface area contributed by atoms with Gasteiger partial charge in [-0.3, -0.25) is 47.9 Å². The number of ketones is 10. The van der Waals surface area contributed by atoms with Crippen LogP contribution in [-0.2, 0) is 67.8 Å². The number of alkyl halides is 2. The van der Waals surface area contributed by atoms with Gasteiger partial charge in [0.25, 0.3) is 0 Å². The maximum Gasteiger partial charge on any atom is 0.233 e. The lowest BCUT2D eigenvalue weighted by atomic mass is 9.88. The van der Waals surface area contributed by atoms with Crippen LogP contribution in [0.25, 0.3) is 0 Å². The Morgan fingerprint density at radius 2 is 0.852 bits per heavy atom. The fraction of sp³-hybridized carbons (Fsp3) is 0.670. The predicted molar refractivity (Wildman–Crippen MR) is 460 cm³/mol. The lowest BCUT2D eigenvalue weighted by Crippen LogP contribution is -2.39. The number of sulfone groups is 1. The van der Waals surface area contributed by atoms with E-state index in [1.807, 2.05) is 165 Å². The molecular formula is C88H156ClFN2O14S2. The number of sulfonamides is 1. The van der Waals surface area contributed by atoms with Gasteiger partial charge >= 0.3 is 0 Å². The molecule has 0 unspecified atom stereocenters. The van der Waals surface area contributed by atoms with Crippen LogP contribution in [0.2, 0.25) is 0 Å². The van der Waals surface area contributed by atoms with Crippen LogP contribution >= 0.6 is 11.6 Å². The van der Waals surface area contributed by atoms with Crippen molar-refractivity contribution in [3.05, 3.63) is 85.2 Å². The third-order valence-corrected chi connectivity index (χ3v) is 14.5. The SMILES string of the molecule is C#CC(=O)CC(C)(C)C.C#CC(C)(C)C.C=CC(=O)C(C)C.C=CC(=O)CC(C)(C)C.C=CC(C)(C)C.C=CS(=O)(=O)C(C)C.C=CS(=O)(=O)NC(C)(C)C.CC(=O)CC(=O)C(C)(C)C.CC(C)=CC(=O)C(C)(C)C.CC(C)=CC(=O)CC(C)(C)C.CC(C)C(=O)CC#N.CC(C)C(=O)CCl.CC(C)C(=O)CF. The fourth-order valence-electron chi connectivity index (χ4n) is 4.48. The minimum atomic E-state index is -3.26. The first-order chi connectivity index (χ1) is 47.5. The Balaban J connectivity index is -0.0000000826. The van der Waals surface area contributed by atoms with E-state index >= 15 is 0 Å². The Hall–Kier alpha value is -6.43. The molecule has 0 atom stereocenters. The van der Waals surface area contributed by atoms with E-state index < -0.39 is 32.1 Å². The number of carbonyl (C=O) groups is 10. The molecule has 16 nitrogen and oxygen atoms in total. The molecule has 108 heavy (non-hydrogen) atoms. The Morgan fingerprint density at radius 3 is 0.935 bits per heavy atom. The first-order valence-corrected chi connectivity index (χ1v) is 39.6. The molecule has 0 amide bonds. The predicted octanol–water partition coefficient (Wildman–Crippen LogP) is 21.7. The van der Waals surface area contributed by atoms with Crippen molar-refractivity contribution in [1.29, 1.82) is 5.26 Å². The average Bonchev–Trinajstić information content (AvgIpc) is 0.904. The van der Waals surface area contributed by atoms with Crippen LogP contribution in [0.15, 0.2) is 85.2 Å². The van der Waals surface area contributed by atoms with Gasteiger partial charge in [-0.05, 0) is 142 Å². The second kappa shape index (κ2) is 66.4. The molecule has 0 bridgehead atoms. The molecule has 0 aromatic rings. The molecule has 1 N–H and O–H groups in total. The smallest absolute Gasteiger partial charge is 0.233 e. The molecule has 0 radical (unpaired) electrons. The second-order valence-electron chi connectivity index (χ2n) is 35.6. The van der Waals surface area contributed by atoms with Crippen molar-refractivity contribution in [2.45, 2.75) is 313 Å². The minimum Gasteiger partial charge on any atom is -0.300 e. The lowest BCUT2D eigenvalue weighted by Gasteiger charge is -2.18. The van der Waals surface area contributed by atoms with E-state index in [9.17, 15) is 69.2 Å². The van der Waals surface area contributed by atoms with E-state index in [1.54, 1.807) is 80.5 Å². The van der Waals surface area contributed by atoms with E-state index in [0.29, 0.717) is 24.7 Å². The monoisotopic (exact) mass is 1580 g/mol. The molecule has 0 spiro atoms. The molecule has 628 valence electrons. The number of nitrogens with zero attached hydrogens (tertiary/aromatic N) is 1. The number of hydrogen-bond acceptors (Lipinski definition) is 15. The summed E-state index contributed by atoms with van der Waals surface area (Å²) < 4.78 is 56.4. The van der Waals surface area contributed by atoms with Crippen LogP contribution in [0.1, 0.15) is 302 Å². The zero-order chi connectivity index (χ0) is 90.5. The molecule has 0 aromatic carbocycles. The van der Waals surface area contributed by atoms with E-state index in [1.165, 1.54) is 19.1 Å². The first kappa shape index (κ1) is 131. The van der Waals surface area contributed by atoms with Crippen molar-refractivity contribution >= 4 is 89.3 Å². The maximum atomic E-state index is 11.3. The number of carbonyl (C=O) groups excluding carboxylic acids is 10. The lowest BCUT2D eigenvalue weighted by molar-refractivity contribution is -0.131.